The van der Waals surface area contributed by atoms with Gasteiger partial charge in [-0.3, -0.25) is 9.59 Å². The zero-order valence-electron chi connectivity index (χ0n) is 14.0. The summed E-state index contributed by atoms with van der Waals surface area (Å²) in [7, 11) is 1.60. The average Bonchev–Trinajstić information content (AvgIpc) is 3.06. The van der Waals surface area contributed by atoms with E-state index in [0.717, 1.165) is 11.3 Å². The van der Waals surface area contributed by atoms with Gasteiger partial charge in [0.1, 0.15) is 17.5 Å². The lowest BCUT2D eigenvalue weighted by molar-refractivity contribution is -0.128. The second-order valence-electron chi connectivity index (χ2n) is 5.29. The van der Waals surface area contributed by atoms with Crippen LogP contribution in [0.15, 0.2) is 34.9 Å². The Balaban J connectivity index is 1.98. The summed E-state index contributed by atoms with van der Waals surface area (Å²) in [6.07, 6.45) is 0.511. The first-order chi connectivity index (χ1) is 11.5. The Bertz CT molecular complexity index is 711. The summed E-state index contributed by atoms with van der Waals surface area (Å²) in [6.45, 7) is 3.41. The molecule has 1 unspecified atom stereocenters. The van der Waals surface area contributed by atoms with E-state index in [-0.39, 0.29) is 18.4 Å². The molecule has 128 valence electrons. The van der Waals surface area contributed by atoms with Crippen LogP contribution in [0, 0.1) is 0 Å². The van der Waals surface area contributed by atoms with E-state index >= 15 is 0 Å². The molecule has 1 aromatic carbocycles. The molecular weight excluding hydrogens is 310 g/mol. The maximum atomic E-state index is 12.0. The van der Waals surface area contributed by atoms with Gasteiger partial charge in [-0.05, 0) is 18.6 Å². The number of aromatic nitrogens is 1. The number of benzene rings is 1. The van der Waals surface area contributed by atoms with Crippen molar-refractivity contribution in [3.05, 3.63) is 36.1 Å². The second kappa shape index (κ2) is 8.14. The van der Waals surface area contributed by atoms with Crippen LogP contribution < -0.4 is 15.4 Å². The maximum absolute atomic E-state index is 12.0. The van der Waals surface area contributed by atoms with Crippen LogP contribution in [-0.4, -0.2) is 30.1 Å². The Labute approximate surface area is 140 Å². The van der Waals surface area contributed by atoms with Crippen molar-refractivity contribution in [3.63, 3.8) is 0 Å². The summed E-state index contributed by atoms with van der Waals surface area (Å²) in [5.41, 5.74) is 1.52. The smallest absolute Gasteiger partial charge is 0.242 e. The van der Waals surface area contributed by atoms with Crippen molar-refractivity contribution in [1.82, 2.24) is 15.8 Å². The molecule has 0 aliphatic rings. The van der Waals surface area contributed by atoms with Crippen LogP contribution in [0.25, 0.3) is 11.3 Å². The molecule has 0 saturated heterocycles. The van der Waals surface area contributed by atoms with Gasteiger partial charge in [0.25, 0.3) is 0 Å². The number of methoxy groups -OCH3 is 1. The Morgan fingerprint density at radius 2 is 2.12 bits per heavy atom. The van der Waals surface area contributed by atoms with E-state index in [0.29, 0.717) is 17.9 Å². The number of carbonyl (C=O) groups excluding carboxylic acids is 2. The van der Waals surface area contributed by atoms with Gasteiger partial charge in [-0.2, -0.15) is 0 Å². The van der Waals surface area contributed by atoms with E-state index in [1.165, 1.54) is 6.92 Å². The zero-order chi connectivity index (χ0) is 17.5. The standard InChI is InChI=1S/C17H21N3O4/c1-4-15(19-11(2)21)17(22)18-10-14-9-16(20-24-14)12-6-5-7-13(8-12)23-3/h5-9,15H,4,10H2,1-3H3,(H,18,22)(H,19,21). The van der Waals surface area contributed by atoms with E-state index < -0.39 is 6.04 Å². The third-order valence-corrected chi connectivity index (χ3v) is 3.46. The molecule has 2 N–H and O–H groups in total. The van der Waals surface area contributed by atoms with Crippen LogP contribution in [0.3, 0.4) is 0 Å². The SMILES string of the molecule is CCC(NC(C)=O)C(=O)NCc1cc(-c2cccc(OC)c2)no1. The van der Waals surface area contributed by atoms with Crippen molar-refractivity contribution in [2.45, 2.75) is 32.9 Å². The summed E-state index contributed by atoms with van der Waals surface area (Å²) >= 11 is 0. The maximum Gasteiger partial charge on any atom is 0.242 e. The lowest BCUT2D eigenvalue weighted by Gasteiger charge is -2.14. The first-order valence-electron chi connectivity index (χ1n) is 7.68. The topological polar surface area (TPSA) is 93.5 Å². The van der Waals surface area contributed by atoms with Gasteiger partial charge in [0, 0.05) is 18.6 Å². The Morgan fingerprint density at radius 1 is 1.33 bits per heavy atom. The molecule has 0 aliphatic carbocycles. The molecule has 0 saturated carbocycles. The van der Waals surface area contributed by atoms with Crippen LogP contribution in [0.2, 0.25) is 0 Å². The van der Waals surface area contributed by atoms with Crippen molar-refractivity contribution in [2.24, 2.45) is 0 Å². The number of hydrogen-bond donors (Lipinski definition) is 2. The third-order valence-electron chi connectivity index (χ3n) is 3.46. The first kappa shape index (κ1) is 17.5. The monoisotopic (exact) mass is 331 g/mol. The van der Waals surface area contributed by atoms with Gasteiger partial charge < -0.3 is 19.9 Å². The van der Waals surface area contributed by atoms with Crippen LogP contribution in [-0.2, 0) is 16.1 Å². The van der Waals surface area contributed by atoms with Crippen LogP contribution in [0.4, 0.5) is 0 Å². The highest BCUT2D eigenvalue weighted by Gasteiger charge is 2.17. The minimum absolute atomic E-state index is 0.200. The minimum Gasteiger partial charge on any atom is -0.497 e. The summed E-state index contributed by atoms with van der Waals surface area (Å²) < 4.78 is 10.4. The number of amides is 2. The first-order valence-corrected chi connectivity index (χ1v) is 7.68. The largest absolute Gasteiger partial charge is 0.497 e. The summed E-state index contributed by atoms with van der Waals surface area (Å²) in [6, 6.07) is 8.66. The normalized spacial score (nSPS) is 11.6. The fourth-order valence-electron chi connectivity index (χ4n) is 2.21. The number of carbonyl (C=O) groups is 2. The molecule has 2 aromatic rings. The molecule has 0 fully saturated rings. The van der Waals surface area contributed by atoms with Gasteiger partial charge >= 0.3 is 0 Å². The van der Waals surface area contributed by atoms with Crippen molar-refractivity contribution in [2.75, 3.05) is 7.11 Å². The molecule has 0 aliphatic heterocycles. The number of hydrogen-bond acceptors (Lipinski definition) is 5. The molecular formula is C17H21N3O4. The highest BCUT2D eigenvalue weighted by atomic mass is 16.5. The molecule has 7 nitrogen and oxygen atoms in total. The third kappa shape index (κ3) is 4.58. The molecule has 7 heteroatoms. The Morgan fingerprint density at radius 3 is 2.79 bits per heavy atom. The predicted molar refractivity (Wildman–Crippen MR) is 88.2 cm³/mol. The van der Waals surface area contributed by atoms with Crippen molar-refractivity contribution < 1.29 is 18.8 Å². The van der Waals surface area contributed by atoms with Gasteiger partial charge in [0.05, 0.1) is 13.7 Å². The number of ether oxygens (including phenoxy) is 1. The summed E-state index contributed by atoms with van der Waals surface area (Å²) in [5, 5.41) is 9.33. The summed E-state index contributed by atoms with van der Waals surface area (Å²) in [5.74, 6) is 0.759. The van der Waals surface area contributed by atoms with E-state index in [1.807, 2.05) is 31.2 Å². The Hall–Kier alpha value is -2.83. The molecule has 2 amide bonds. The quantitative estimate of drug-likeness (QED) is 0.808. The highest BCUT2D eigenvalue weighted by Crippen LogP contribution is 2.23. The van der Waals surface area contributed by atoms with Crippen LogP contribution >= 0.6 is 0 Å². The Kier molecular flexibility index (Phi) is 5.95. The van der Waals surface area contributed by atoms with E-state index in [9.17, 15) is 9.59 Å². The molecule has 24 heavy (non-hydrogen) atoms. The van der Waals surface area contributed by atoms with Crippen molar-refractivity contribution >= 4 is 11.8 Å². The van der Waals surface area contributed by atoms with Gasteiger partial charge in [0.2, 0.25) is 11.8 Å². The number of rotatable bonds is 7. The molecule has 2 rings (SSSR count). The molecule has 0 bridgehead atoms. The van der Waals surface area contributed by atoms with E-state index in [1.54, 1.807) is 13.2 Å². The van der Waals surface area contributed by atoms with Gasteiger partial charge in [-0.25, -0.2) is 0 Å². The van der Waals surface area contributed by atoms with Crippen molar-refractivity contribution in [1.29, 1.82) is 0 Å². The average molecular weight is 331 g/mol. The number of nitrogens with zero attached hydrogens (tertiary/aromatic N) is 1. The second-order valence-corrected chi connectivity index (χ2v) is 5.29. The fourth-order valence-corrected chi connectivity index (χ4v) is 2.21. The molecule has 1 atom stereocenters. The minimum atomic E-state index is -0.553. The lowest BCUT2D eigenvalue weighted by Crippen LogP contribution is -2.45. The summed E-state index contributed by atoms with van der Waals surface area (Å²) in [4.78, 5) is 23.1. The lowest BCUT2D eigenvalue weighted by atomic mass is 10.1. The fraction of sp³-hybridized carbons (Fsp3) is 0.353. The van der Waals surface area contributed by atoms with Crippen LogP contribution in [0.5, 0.6) is 5.75 Å². The zero-order valence-corrected chi connectivity index (χ0v) is 14.0. The van der Waals surface area contributed by atoms with Gasteiger partial charge in [0.15, 0.2) is 5.76 Å². The van der Waals surface area contributed by atoms with E-state index in [4.69, 9.17) is 9.26 Å². The molecule has 1 heterocycles. The molecule has 0 spiro atoms. The molecule has 0 radical (unpaired) electrons. The number of nitrogens with one attached hydrogen (secondary N) is 2. The van der Waals surface area contributed by atoms with Crippen LogP contribution in [0.1, 0.15) is 26.0 Å². The van der Waals surface area contributed by atoms with Gasteiger partial charge in [-0.1, -0.05) is 24.2 Å². The predicted octanol–water partition coefficient (Wildman–Crippen LogP) is 1.88. The van der Waals surface area contributed by atoms with Gasteiger partial charge in [-0.15, -0.1) is 0 Å². The highest BCUT2D eigenvalue weighted by molar-refractivity contribution is 5.86. The van der Waals surface area contributed by atoms with E-state index in [2.05, 4.69) is 15.8 Å². The van der Waals surface area contributed by atoms with Crippen molar-refractivity contribution in [3.8, 4) is 17.0 Å². The molecule has 1 aromatic heterocycles.